The summed E-state index contributed by atoms with van der Waals surface area (Å²) in [6, 6.07) is 67.3. The number of benzene rings is 9. The van der Waals surface area contributed by atoms with E-state index in [1.807, 2.05) is 0 Å². The molecule has 52 heavy (non-hydrogen) atoms. The highest BCUT2D eigenvalue weighted by Gasteiger charge is 2.52. The van der Waals surface area contributed by atoms with Gasteiger partial charge in [-0.1, -0.05) is 158 Å². The first-order valence-electron chi connectivity index (χ1n) is 18.1. The minimum atomic E-state index is -0.415. The monoisotopic (exact) mass is 658 g/mol. The van der Waals surface area contributed by atoms with Crippen LogP contribution in [0.5, 0.6) is 11.5 Å². The molecule has 12 rings (SSSR count). The third-order valence-corrected chi connectivity index (χ3v) is 11.9. The quantitative estimate of drug-likeness (QED) is 0.180. The van der Waals surface area contributed by atoms with Gasteiger partial charge in [0.15, 0.2) is 0 Å². The van der Waals surface area contributed by atoms with Crippen LogP contribution in [0.15, 0.2) is 182 Å². The average molecular weight is 659 g/mol. The Kier molecular flexibility index (Phi) is 5.49. The lowest BCUT2D eigenvalue weighted by molar-refractivity contribution is 0.487. The van der Waals surface area contributed by atoms with Crippen molar-refractivity contribution in [1.82, 2.24) is 0 Å². The molecule has 1 atom stereocenters. The van der Waals surface area contributed by atoms with Crippen LogP contribution in [-0.4, -0.2) is 0 Å². The predicted octanol–water partition coefficient (Wildman–Crippen LogP) is 13.4. The zero-order chi connectivity index (χ0) is 34.0. The van der Waals surface area contributed by atoms with Gasteiger partial charge in [0.05, 0.1) is 5.41 Å². The summed E-state index contributed by atoms with van der Waals surface area (Å²) in [7, 11) is 0. The first-order chi connectivity index (χ1) is 25.8. The van der Waals surface area contributed by atoms with Crippen molar-refractivity contribution >= 4 is 21.5 Å². The highest BCUT2D eigenvalue weighted by Crippen LogP contribution is 2.65. The van der Waals surface area contributed by atoms with Gasteiger partial charge in [0.2, 0.25) is 0 Å². The molecule has 1 aliphatic heterocycles. The molecule has 0 saturated carbocycles. The molecule has 3 aliphatic rings. The number of ether oxygens (including phenoxy) is 1. The summed E-state index contributed by atoms with van der Waals surface area (Å²) < 4.78 is 6.44. The molecular weight excluding hydrogens is 629 g/mol. The van der Waals surface area contributed by atoms with Crippen LogP contribution in [-0.2, 0) is 5.41 Å². The van der Waals surface area contributed by atoms with E-state index in [9.17, 15) is 0 Å². The summed E-state index contributed by atoms with van der Waals surface area (Å²) in [4.78, 5) is 0. The Labute approximate surface area is 302 Å². The molecular formula is C51H30O. The summed E-state index contributed by atoms with van der Waals surface area (Å²) >= 11 is 0. The lowest BCUT2D eigenvalue weighted by atomic mass is 9.69. The number of hydrogen-bond acceptors (Lipinski definition) is 1. The lowest BCUT2D eigenvalue weighted by Gasteiger charge is -2.31. The molecule has 9 aromatic rings. The fraction of sp³-hybridized carbons (Fsp3) is 0.0196. The van der Waals surface area contributed by atoms with Crippen LogP contribution in [0.4, 0.5) is 0 Å². The second-order valence-electron chi connectivity index (χ2n) is 14.3. The molecule has 0 N–H and O–H groups in total. The maximum absolute atomic E-state index is 6.44. The fourth-order valence-corrected chi connectivity index (χ4v) is 9.82. The van der Waals surface area contributed by atoms with E-state index in [0.717, 1.165) is 17.1 Å². The maximum atomic E-state index is 6.44. The van der Waals surface area contributed by atoms with Crippen molar-refractivity contribution in [2.75, 3.05) is 0 Å². The van der Waals surface area contributed by atoms with Gasteiger partial charge < -0.3 is 4.74 Å². The molecule has 0 bridgehead atoms. The van der Waals surface area contributed by atoms with Crippen LogP contribution in [0.2, 0.25) is 0 Å². The van der Waals surface area contributed by atoms with Gasteiger partial charge in [0.1, 0.15) is 11.5 Å². The van der Waals surface area contributed by atoms with Gasteiger partial charge in [-0.05, 0) is 113 Å². The second-order valence-corrected chi connectivity index (χ2v) is 14.3. The minimum absolute atomic E-state index is 0.415. The molecule has 2 aliphatic carbocycles. The Hall–Kier alpha value is -6.70. The van der Waals surface area contributed by atoms with Crippen molar-refractivity contribution in [1.29, 1.82) is 0 Å². The standard InChI is InChI=1S/C51H30O/c1-2-16-37-31(11-1)25-27-40-38-17-3-5-21-43(38)51(50(37)40)44-22-6-4-18-41(44)49-36(19-10-23-45(49)51)35-15-7-14-33(29-35)34-26-28-46-42(30-34)39-20-8-12-32-13-9-24-47(52-46)48(32)39/h1-30H. The van der Waals surface area contributed by atoms with Crippen molar-refractivity contribution < 1.29 is 4.74 Å². The first-order valence-corrected chi connectivity index (χ1v) is 18.1. The number of hydrogen-bond donors (Lipinski definition) is 0. The molecule has 0 aromatic heterocycles. The Morgan fingerprint density at radius 1 is 0.346 bits per heavy atom. The molecule has 240 valence electrons. The van der Waals surface area contributed by atoms with Crippen LogP contribution >= 0.6 is 0 Å². The van der Waals surface area contributed by atoms with Gasteiger partial charge in [0, 0.05) is 10.9 Å². The summed E-state index contributed by atoms with van der Waals surface area (Å²) in [6.07, 6.45) is 0. The smallest absolute Gasteiger partial charge is 0.135 e. The Morgan fingerprint density at radius 2 is 1.00 bits per heavy atom. The normalized spacial score (nSPS) is 15.5. The van der Waals surface area contributed by atoms with E-state index in [-0.39, 0.29) is 0 Å². The van der Waals surface area contributed by atoms with Gasteiger partial charge in [0.25, 0.3) is 0 Å². The third kappa shape index (κ3) is 3.52. The molecule has 1 unspecified atom stereocenters. The van der Waals surface area contributed by atoms with E-state index in [4.69, 9.17) is 4.74 Å². The fourth-order valence-electron chi connectivity index (χ4n) is 9.82. The van der Waals surface area contributed by atoms with Crippen molar-refractivity contribution in [2.24, 2.45) is 0 Å². The van der Waals surface area contributed by atoms with Crippen molar-refractivity contribution in [3.05, 3.63) is 204 Å². The molecule has 0 amide bonds. The summed E-state index contributed by atoms with van der Waals surface area (Å²) in [6.45, 7) is 0. The van der Waals surface area contributed by atoms with E-state index in [1.54, 1.807) is 0 Å². The van der Waals surface area contributed by atoms with Crippen LogP contribution in [0.1, 0.15) is 22.3 Å². The largest absolute Gasteiger partial charge is 0.456 e. The molecule has 0 fully saturated rings. The molecule has 9 aromatic carbocycles. The summed E-state index contributed by atoms with van der Waals surface area (Å²) in [5, 5.41) is 4.97. The van der Waals surface area contributed by atoms with E-state index in [2.05, 4.69) is 182 Å². The van der Waals surface area contributed by atoms with E-state index in [1.165, 1.54) is 93.9 Å². The molecule has 0 radical (unpaired) electrons. The SMILES string of the molecule is c1cc(-c2ccc3c(c2)-c2cccc4cccc(c24)O3)cc(-c2cccc3c2-c2ccccc2C32c3ccccc3-c3ccc4ccccc4c32)c1. The van der Waals surface area contributed by atoms with Gasteiger partial charge >= 0.3 is 0 Å². The highest BCUT2D eigenvalue weighted by molar-refractivity contribution is 6.07. The maximum Gasteiger partial charge on any atom is 0.135 e. The van der Waals surface area contributed by atoms with Crippen LogP contribution in [0, 0.1) is 0 Å². The molecule has 1 nitrogen and oxygen atoms in total. The van der Waals surface area contributed by atoms with Crippen molar-refractivity contribution in [3.63, 3.8) is 0 Å². The van der Waals surface area contributed by atoms with Gasteiger partial charge in [-0.3, -0.25) is 0 Å². The Morgan fingerprint density at radius 3 is 1.92 bits per heavy atom. The third-order valence-electron chi connectivity index (χ3n) is 11.9. The van der Waals surface area contributed by atoms with Gasteiger partial charge in [-0.2, -0.15) is 0 Å². The number of fused-ring (bicyclic) bond motifs is 14. The summed E-state index contributed by atoms with van der Waals surface area (Å²) in [5.41, 5.74) is 17.6. The zero-order valence-electron chi connectivity index (χ0n) is 28.2. The number of rotatable bonds is 2. The van der Waals surface area contributed by atoms with E-state index >= 15 is 0 Å². The molecule has 1 spiro atoms. The lowest BCUT2D eigenvalue weighted by Crippen LogP contribution is -2.26. The Balaban J connectivity index is 1.08. The van der Waals surface area contributed by atoms with Crippen LogP contribution < -0.4 is 4.74 Å². The molecule has 0 saturated heterocycles. The zero-order valence-corrected chi connectivity index (χ0v) is 28.2. The first kappa shape index (κ1) is 28.0. The predicted molar refractivity (Wildman–Crippen MR) is 214 cm³/mol. The van der Waals surface area contributed by atoms with E-state index < -0.39 is 5.41 Å². The summed E-state index contributed by atoms with van der Waals surface area (Å²) in [5.74, 6) is 1.82. The van der Waals surface area contributed by atoms with Crippen LogP contribution in [0.25, 0.3) is 77.2 Å². The van der Waals surface area contributed by atoms with Gasteiger partial charge in [-0.15, -0.1) is 0 Å². The Bertz CT molecular complexity index is 3000. The second kappa shape index (κ2) is 10.2. The van der Waals surface area contributed by atoms with Crippen LogP contribution in [0.3, 0.4) is 0 Å². The van der Waals surface area contributed by atoms with Gasteiger partial charge in [-0.25, -0.2) is 0 Å². The molecule has 1 heteroatoms. The van der Waals surface area contributed by atoms with Crippen molar-refractivity contribution in [2.45, 2.75) is 5.41 Å². The topological polar surface area (TPSA) is 9.23 Å². The average Bonchev–Trinajstić information content (AvgIpc) is 3.69. The minimum Gasteiger partial charge on any atom is -0.456 e. The van der Waals surface area contributed by atoms with Crippen molar-refractivity contribution in [3.8, 4) is 67.1 Å². The highest BCUT2D eigenvalue weighted by atomic mass is 16.5. The molecule has 1 heterocycles. The van der Waals surface area contributed by atoms with E-state index in [0.29, 0.717) is 0 Å².